The molecular weight excluding hydrogens is 374 g/mol. The highest BCUT2D eigenvalue weighted by molar-refractivity contribution is 7.89. The average Bonchev–Trinajstić information content (AvgIpc) is 2.94. The molecule has 0 bridgehead atoms. The van der Waals surface area contributed by atoms with Gasteiger partial charge in [0.2, 0.25) is 10.0 Å². The fourth-order valence-corrected chi connectivity index (χ4v) is 5.39. The summed E-state index contributed by atoms with van der Waals surface area (Å²) in [6, 6.07) is 7.32. The zero-order valence-electron chi connectivity index (χ0n) is 17.7. The minimum absolute atomic E-state index is 0.161. The number of benzene rings is 1. The van der Waals surface area contributed by atoms with E-state index in [-0.39, 0.29) is 10.8 Å². The van der Waals surface area contributed by atoms with Gasteiger partial charge in [-0.25, -0.2) is 8.42 Å². The topological polar surface area (TPSA) is 70.9 Å². The van der Waals surface area contributed by atoms with Crippen LogP contribution < -0.4 is 10.2 Å². The second-order valence-corrected chi connectivity index (χ2v) is 10.2. The number of hydrogen-bond donors (Lipinski definition) is 2. The summed E-state index contributed by atoms with van der Waals surface area (Å²) in [6.45, 7) is 11.3. The van der Waals surface area contributed by atoms with Crippen LogP contribution >= 0.6 is 0 Å². The maximum absolute atomic E-state index is 12.8. The molecule has 1 saturated heterocycles. The van der Waals surface area contributed by atoms with Crippen molar-refractivity contribution in [2.75, 3.05) is 26.2 Å². The van der Waals surface area contributed by atoms with Gasteiger partial charge in [-0.15, -0.1) is 0 Å². The zero-order valence-corrected chi connectivity index (χ0v) is 18.5. The van der Waals surface area contributed by atoms with Gasteiger partial charge in [0.15, 0.2) is 0 Å². The van der Waals surface area contributed by atoms with Crippen molar-refractivity contribution in [3.05, 3.63) is 29.8 Å². The smallest absolute Gasteiger partial charge is 0.251 e. The van der Waals surface area contributed by atoms with Crippen LogP contribution in [-0.4, -0.2) is 56.9 Å². The molecule has 0 aliphatic carbocycles. The van der Waals surface area contributed by atoms with E-state index >= 15 is 0 Å². The maximum Gasteiger partial charge on any atom is 0.251 e. The van der Waals surface area contributed by atoms with E-state index in [1.807, 2.05) is 0 Å². The molecule has 1 aliphatic rings. The lowest BCUT2D eigenvalue weighted by Crippen LogP contribution is -3.18. The van der Waals surface area contributed by atoms with Crippen molar-refractivity contribution in [2.24, 2.45) is 0 Å². The minimum Gasteiger partial charge on any atom is -0.346 e. The monoisotopic (exact) mass is 410 g/mol. The number of carbonyl (C=O) groups is 1. The first-order valence-corrected chi connectivity index (χ1v) is 11.9. The Hall–Kier alpha value is -1.44. The number of nitrogens with one attached hydrogen (secondary N) is 2. The molecule has 1 heterocycles. The van der Waals surface area contributed by atoms with Crippen LogP contribution in [0, 0.1) is 0 Å². The molecule has 0 unspecified atom stereocenters. The largest absolute Gasteiger partial charge is 0.346 e. The summed E-state index contributed by atoms with van der Waals surface area (Å²) >= 11 is 0. The molecule has 1 aromatic carbocycles. The molecule has 2 rings (SSSR count). The normalized spacial score (nSPS) is 16.5. The summed E-state index contributed by atoms with van der Waals surface area (Å²) in [4.78, 5) is 14.1. The molecular formula is C21H36N3O3S+. The lowest BCUT2D eigenvalue weighted by Gasteiger charge is -2.27. The molecule has 1 amide bonds. The highest BCUT2D eigenvalue weighted by Gasteiger charge is 2.25. The van der Waals surface area contributed by atoms with Crippen LogP contribution in [0.15, 0.2) is 29.2 Å². The molecule has 28 heavy (non-hydrogen) atoms. The van der Waals surface area contributed by atoms with E-state index in [1.165, 1.54) is 4.90 Å². The van der Waals surface area contributed by atoms with Gasteiger partial charge in [-0.3, -0.25) is 4.79 Å². The molecule has 0 aromatic heterocycles. The van der Waals surface area contributed by atoms with Gasteiger partial charge in [-0.2, -0.15) is 4.31 Å². The zero-order chi connectivity index (χ0) is 20.7. The van der Waals surface area contributed by atoms with Crippen molar-refractivity contribution >= 4 is 15.9 Å². The number of carbonyl (C=O) groups excluding carboxylic acids is 1. The van der Waals surface area contributed by atoms with Gasteiger partial charge in [0.1, 0.15) is 0 Å². The van der Waals surface area contributed by atoms with E-state index in [0.717, 1.165) is 32.2 Å². The summed E-state index contributed by atoms with van der Waals surface area (Å²) in [6.07, 6.45) is 3.98. The Morgan fingerprint density at radius 2 is 1.54 bits per heavy atom. The van der Waals surface area contributed by atoms with Crippen molar-refractivity contribution in [2.45, 2.75) is 70.4 Å². The fourth-order valence-electron chi connectivity index (χ4n) is 3.88. The van der Waals surface area contributed by atoms with Gasteiger partial charge in [0.25, 0.3) is 5.91 Å². The van der Waals surface area contributed by atoms with Gasteiger partial charge in [-0.1, -0.05) is 12.8 Å². The first-order chi connectivity index (χ1) is 13.2. The van der Waals surface area contributed by atoms with Gasteiger partial charge in [-0.05, 0) is 64.8 Å². The first kappa shape index (κ1) is 22.8. The van der Waals surface area contributed by atoms with Crippen LogP contribution in [0.1, 0.15) is 63.7 Å². The Labute approximate surface area is 170 Å². The second kappa shape index (κ2) is 10.4. The van der Waals surface area contributed by atoms with Crippen molar-refractivity contribution in [3.8, 4) is 0 Å². The first-order valence-electron chi connectivity index (χ1n) is 10.5. The third-order valence-corrected chi connectivity index (χ3v) is 7.41. The molecule has 0 saturated carbocycles. The fraction of sp³-hybridized carbons (Fsp3) is 0.667. The van der Waals surface area contributed by atoms with Crippen molar-refractivity contribution in [1.82, 2.24) is 9.62 Å². The van der Waals surface area contributed by atoms with E-state index in [0.29, 0.717) is 37.3 Å². The maximum atomic E-state index is 12.8. The Kier molecular flexibility index (Phi) is 8.46. The SMILES string of the molecule is CC(C)[NH+](CCNC(=O)c1ccc(S(=O)(=O)N2CCCCCC2)cc1)C(C)C. The predicted octanol–water partition coefficient (Wildman–Crippen LogP) is 1.68. The second-order valence-electron chi connectivity index (χ2n) is 8.23. The number of nitrogens with zero attached hydrogens (tertiary/aromatic N) is 1. The number of amides is 1. The van der Waals surface area contributed by atoms with E-state index in [2.05, 4.69) is 33.0 Å². The quantitative estimate of drug-likeness (QED) is 0.685. The molecule has 7 heteroatoms. The van der Waals surface area contributed by atoms with Crippen LogP contribution in [0.3, 0.4) is 0 Å². The van der Waals surface area contributed by atoms with Crippen LogP contribution in [-0.2, 0) is 10.0 Å². The molecule has 0 spiro atoms. The summed E-state index contributed by atoms with van der Waals surface area (Å²) in [5.41, 5.74) is 0.491. The molecule has 1 fully saturated rings. The summed E-state index contributed by atoms with van der Waals surface area (Å²) in [7, 11) is -3.48. The molecule has 2 N–H and O–H groups in total. The Balaban J connectivity index is 1.96. The van der Waals surface area contributed by atoms with Gasteiger partial charge >= 0.3 is 0 Å². The predicted molar refractivity (Wildman–Crippen MR) is 112 cm³/mol. The Bertz CT molecular complexity index is 714. The van der Waals surface area contributed by atoms with Gasteiger partial charge in [0, 0.05) is 18.7 Å². The number of quaternary nitrogens is 1. The van der Waals surface area contributed by atoms with E-state index in [9.17, 15) is 13.2 Å². The molecule has 0 radical (unpaired) electrons. The third-order valence-electron chi connectivity index (χ3n) is 5.50. The van der Waals surface area contributed by atoms with Crippen molar-refractivity contribution in [1.29, 1.82) is 0 Å². The lowest BCUT2D eigenvalue weighted by atomic mass is 10.2. The molecule has 1 aromatic rings. The highest BCUT2D eigenvalue weighted by atomic mass is 32.2. The third kappa shape index (κ3) is 6.03. The van der Waals surface area contributed by atoms with Crippen LogP contribution in [0.4, 0.5) is 0 Å². The minimum atomic E-state index is -3.48. The van der Waals surface area contributed by atoms with Gasteiger partial charge < -0.3 is 10.2 Å². The Morgan fingerprint density at radius 1 is 1.00 bits per heavy atom. The number of hydrogen-bond acceptors (Lipinski definition) is 3. The van der Waals surface area contributed by atoms with Crippen LogP contribution in [0.25, 0.3) is 0 Å². The summed E-state index contributed by atoms with van der Waals surface area (Å²) in [5.74, 6) is -0.161. The van der Waals surface area contributed by atoms with E-state index in [1.54, 1.807) is 28.6 Å². The summed E-state index contributed by atoms with van der Waals surface area (Å²) in [5, 5.41) is 2.95. The van der Waals surface area contributed by atoms with E-state index < -0.39 is 10.0 Å². The average molecular weight is 411 g/mol. The van der Waals surface area contributed by atoms with E-state index in [4.69, 9.17) is 0 Å². The molecule has 1 aliphatic heterocycles. The standard InChI is InChI=1S/C21H35N3O3S/c1-17(2)24(18(3)4)16-13-22-21(25)19-9-11-20(12-10-19)28(26,27)23-14-7-5-6-8-15-23/h9-12,17-18H,5-8,13-16H2,1-4H3,(H,22,25)/p+1. The number of rotatable bonds is 8. The summed E-state index contributed by atoms with van der Waals surface area (Å²) < 4.78 is 27.2. The Morgan fingerprint density at radius 3 is 2.04 bits per heavy atom. The molecule has 6 nitrogen and oxygen atoms in total. The van der Waals surface area contributed by atoms with Crippen molar-refractivity contribution < 1.29 is 18.1 Å². The lowest BCUT2D eigenvalue weighted by molar-refractivity contribution is -0.941. The highest BCUT2D eigenvalue weighted by Crippen LogP contribution is 2.20. The van der Waals surface area contributed by atoms with Gasteiger partial charge in [0.05, 0.1) is 30.1 Å². The van der Waals surface area contributed by atoms with Crippen molar-refractivity contribution in [3.63, 3.8) is 0 Å². The molecule has 0 atom stereocenters. The number of sulfonamides is 1. The molecule has 158 valence electrons. The van der Waals surface area contributed by atoms with Crippen LogP contribution in [0.2, 0.25) is 0 Å². The van der Waals surface area contributed by atoms with Crippen LogP contribution in [0.5, 0.6) is 0 Å².